The summed E-state index contributed by atoms with van der Waals surface area (Å²) in [4.78, 5) is 11.8. The molecule has 2 unspecified atom stereocenters. The predicted molar refractivity (Wildman–Crippen MR) is 61.9 cm³/mol. The molecule has 0 spiro atoms. The van der Waals surface area contributed by atoms with Crippen LogP contribution in [0.15, 0.2) is 29.2 Å². The molecule has 1 fully saturated rings. The van der Waals surface area contributed by atoms with E-state index in [9.17, 15) is 9.35 Å². The molecule has 1 aliphatic heterocycles. The molecular weight excluding hydrogens is 224 g/mol. The molecule has 1 aliphatic rings. The van der Waals surface area contributed by atoms with E-state index >= 15 is 0 Å². The van der Waals surface area contributed by atoms with E-state index in [0.717, 1.165) is 5.56 Å². The van der Waals surface area contributed by atoms with E-state index in [2.05, 4.69) is 0 Å². The van der Waals surface area contributed by atoms with Crippen molar-refractivity contribution in [2.75, 3.05) is 6.54 Å². The van der Waals surface area contributed by atoms with Crippen LogP contribution in [0.25, 0.3) is 0 Å². The lowest BCUT2D eigenvalue weighted by atomic mass is 10.2. The van der Waals surface area contributed by atoms with Crippen LogP contribution in [0.5, 0.6) is 0 Å². The van der Waals surface area contributed by atoms with Crippen molar-refractivity contribution in [2.45, 2.75) is 24.3 Å². The maximum absolute atomic E-state index is 12.1. The monoisotopic (exact) mass is 238 g/mol. The highest BCUT2D eigenvalue weighted by molar-refractivity contribution is 7.89. The number of aryl methyl sites for hydroxylation is 1. The average molecular weight is 238 g/mol. The second-order valence-electron chi connectivity index (χ2n) is 4.24. The number of carbonyl (C=O) groups is 1. The van der Waals surface area contributed by atoms with Gasteiger partial charge in [0, 0.05) is 0 Å². The van der Waals surface area contributed by atoms with E-state index in [0.29, 0.717) is 11.4 Å². The first-order valence-electron chi connectivity index (χ1n) is 5.01. The van der Waals surface area contributed by atoms with Gasteiger partial charge in [0.15, 0.2) is 10.4 Å². The molecule has 0 bridgehead atoms. The highest BCUT2D eigenvalue weighted by Crippen LogP contribution is 2.37. The van der Waals surface area contributed by atoms with Gasteiger partial charge in [-0.1, -0.05) is 17.7 Å². The van der Waals surface area contributed by atoms with Crippen molar-refractivity contribution in [3.05, 3.63) is 29.8 Å². The molecule has 1 heterocycles. The average Bonchev–Trinajstić information content (AvgIpc) is 2.93. The van der Waals surface area contributed by atoms with Gasteiger partial charge >= 0.3 is 0 Å². The first-order valence-corrected chi connectivity index (χ1v) is 6.12. The number of carbonyl (C=O) groups excluding carboxylic acids is 1. The van der Waals surface area contributed by atoms with Crippen LogP contribution in [0.4, 0.5) is 0 Å². The third-order valence-corrected chi connectivity index (χ3v) is 4.46. The number of nitrogens with two attached hydrogens (primary N) is 1. The van der Waals surface area contributed by atoms with Crippen LogP contribution in [0.2, 0.25) is 0 Å². The molecule has 3 atom stereocenters. The largest absolute Gasteiger partial charge is 0.593 e. The first kappa shape index (κ1) is 11.4. The molecule has 1 aromatic rings. The minimum atomic E-state index is -1.29. The van der Waals surface area contributed by atoms with E-state index in [1.54, 1.807) is 11.2 Å². The van der Waals surface area contributed by atoms with E-state index in [-0.39, 0.29) is 0 Å². The fourth-order valence-corrected chi connectivity index (χ4v) is 2.92. The molecular formula is C11H14N2O2S. The van der Waals surface area contributed by atoms with E-state index in [4.69, 9.17) is 5.73 Å². The number of primary amides is 1. The Morgan fingerprint density at radius 1 is 1.50 bits per heavy atom. The van der Waals surface area contributed by atoms with Crippen molar-refractivity contribution in [3.8, 4) is 0 Å². The fourth-order valence-electron chi connectivity index (χ4n) is 1.47. The zero-order chi connectivity index (χ0) is 11.9. The number of nitrogens with zero attached hydrogens (tertiary/aromatic N) is 1. The summed E-state index contributed by atoms with van der Waals surface area (Å²) in [5.74, 6) is -0.423. The maximum Gasteiger partial charge on any atom is 0.243 e. The molecule has 4 nitrogen and oxygen atoms in total. The second-order valence-corrected chi connectivity index (χ2v) is 5.65. The maximum atomic E-state index is 12.1. The van der Waals surface area contributed by atoms with Gasteiger partial charge in [0.1, 0.15) is 0 Å². The molecule has 16 heavy (non-hydrogen) atoms. The number of benzene rings is 1. The smallest absolute Gasteiger partial charge is 0.243 e. The molecule has 1 saturated heterocycles. The van der Waals surface area contributed by atoms with Gasteiger partial charge in [-0.15, -0.1) is 4.31 Å². The van der Waals surface area contributed by atoms with Gasteiger partial charge in [0.25, 0.3) is 0 Å². The van der Waals surface area contributed by atoms with Crippen LogP contribution in [0.1, 0.15) is 12.5 Å². The Kier molecular flexibility index (Phi) is 2.69. The van der Waals surface area contributed by atoms with Crippen molar-refractivity contribution in [1.29, 1.82) is 0 Å². The molecule has 0 saturated carbocycles. The summed E-state index contributed by atoms with van der Waals surface area (Å²) in [5, 5.41) is 0. The standard InChI is InChI=1S/C11H14N2O2S/c1-8-3-5-9(6-4-8)16(15)13-7-11(13,2)10(12)14/h3-6H,7H2,1-2H3,(H2,12,14)/t11?,13?,16-/m1/s1. The first-order chi connectivity index (χ1) is 7.45. The molecule has 86 valence electrons. The van der Waals surface area contributed by atoms with E-state index < -0.39 is 22.8 Å². The zero-order valence-electron chi connectivity index (χ0n) is 9.27. The van der Waals surface area contributed by atoms with Gasteiger partial charge in [-0.2, -0.15) is 0 Å². The Bertz CT molecular complexity index is 420. The minimum absolute atomic E-state index is 0.423. The van der Waals surface area contributed by atoms with E-state index in [1.807, 2.05) is 31.2 Å². The lowest BCUT2D eigenvalue weighted by Gasteiger charge is -2.13. The van der Waals surface area contributed by atoms with Gasteiger partial charge in [0.2, 0.25) is 5.91 Å². The number of hydrogen-bond donors (Lipinski definition) is 1. The number of hydrogen-bond acceptors (Lipinski definition) is 3. The summed E-state index contributed by atoms with van der Waals surface area (Å²) in [5.41, 5.74) is 5.62. The highest BCUT2D eigenvalue weighted by atomic mass is 32.2. The molecule has 0 aromatic heterocycles. The summed E-state index contributed by atoms with van der Waals surface area (Å²) in [6.45, 7) is 4.14. The fraction of sp³-hybridized carbons (Fsp3) is 0.364. The minimum Gasteiger partial charge on any atom is -0.593 e. The Morgan fingerprint density at radius 2 is 2.06 bits per heavy atom. The van der Waals surface area contributed by atoms with Gasteiger partial charge in [-0.25, -0.2) is 0 Å². The SMILES string of the molecule is Cc1ccc([S@@+]([O-])N2CC2(C)C(N)=O)cc1. The van der Waals surface area contributed by atoms with Crippen LogP contribution >= 0.6 is 0 Å². The quantitative estimate of drug-likeness (QED) is 0.618. The molecule has 1 aromatic carbocycles. The summed E-state index contributed by atoms with van der Waals surface area (Å²) >= 11 is -1.29. The molecule has 5 heteroatoms. The summed E-state index contributed by atoms with van der Waals surface area (Å²) in [7, 11) is 0. The summed E-state index contributed by atoms with van der Waals surface area (Å²) < 4.78 is 13.7. The van der Waals surface area contributed by atoms with Crippen LogP contribution in [0.3, 0.4) is 0 Å². The Hall–Kier alpha value is -1.04. The predicted octanol–water partition coefficient (Wildman–Crippen LogP) is 0.577. The summed E-state index contributed by atoms with van der Waals surface area (Å²) in [6.07, 6.45) is 0. The second kappa shape index (κ2) is 3.76. The lowest BCUT2D eigenvalue weighted by molar-refractivity contribution is -0.120. The van der Waals surface area contributed by atoms with Gasteiger partial charge < -0.3 is 10.3 Å². The molecule has 2 N–H and O–H groups in total. The van der Waals surface area contributed by atoms with Crippen LogP contribution < -0.4 is 5.73 Å². The lowest BCUT2D eigenvalue weighted by Crippen LogP contribution is -2.35. The molecule has 2 rings (SSSR count). The third kappa shape index (κ3) is 1.81. The van der Waals surface area contributed by atoms with Crippen molar-refractivity contribution in [3.63, 3.8) is 0 Å². The normalized spacial score (nSPS) is 29.8. The molecule has 1 amide bonds. The Morgan fingerprint density at radius 3 is 2.50 bits per heavy atom. The summed E-state index contributed by atoms with van der Waals surface area (Å²) in [6, 6.07) is 7.42. The van der Waals surface area contributed by atoms with Gasteiger partial charge in [-0.3, -0.25) is 4.79 Å². The Labute approximate surface area is 97.7 Å². The van der Waals surface area contributed by atoms with Crippen molar-refractivity contribution < 1.29 is 9.35 Å². The number of amides is 1. The van der Waals surface area contributed by atoms with Crippen molar-refractivity contribution in [1.82, 2.24) is 4.31 Å². The number of rotatable bonds is 3. The zero-order valence-corrected chi connectivity index (χ0v) is 10.1. The topological polar surface area (TPSA) is 69.2 Å². The van der Waals surface area contributed by atoms with Crippen molar-refractivity contribution >= 4 is 17.3 Å². The highest BCUT2D eigenvalue weighted by Gasteiger charge is 2.61. The van der Waals surface area contributed by atoms with Crippen LogP contribution in [0, 0.1) is 6.92 Å². The Balaban J connectivity index is 2.13. The van der Waals surface area contributed by atoms with Gasteiger partial charge in [-0.05, 0) is 26.0 Å². The van der Waals surface area contributed by atoms with Crippen molar-refractivity contribution in [2.24, 2.45) is 5.73 Å². The molecule has 0 radical (unpaired) electrons. The van der Waals surface area contributed by atoms with Crippen LogP contribution in [-0.4, -0.2) is 26.8 Å². The van der Waals surface area contributed by atoms with Gasteiger partial charge in [0.05, 0.1) is 17.9 Å². The van der Waals surface area contributed by atoms with E-state index in [1.165, 1.54) is 0 Å². The van der Waals surface area contributed by atoms with Crippen LogP contribution in [-0.2, 0) is 16.2 Å². The molecule has 0 aliphatic carbocycles. The third-order valence-electron chi connectivity index (χ3n) is 2.85.